The molecule has 3 rings (SSSR count). The molecule has 2 amide bonds. The molecule has 0 saturated carbocycles. The number of nitrogens with one attached hydrogen (secondary N) is 2. The topological polar surface area (TPSA) is 93.2 Å². The average molecular weight is 461 g/mol. The Balaban J connectivity index is 1.45. The highest BCUT2D eigenvalue weighted by Gasteiger charge is 2.10. The maximum absolute atomic E-state index is 12.1. The van der Waals surface area contributed by atoms with Crippen molar-refractivity contribution in [3.8, 4) is 5.75 Å². The first-order valence-electron chi connectivity index (χ1n) is 9.09. The second-order valence-corrected chi connectivity index (χ2v) is 8.86. The number of carbonyl (C=O) groups is 2. The lowest BCUT2D eigenvalue weighted by Crippen LogP contribution is -2.20. The van der Waals surface area contributed by atoms with Gasteiger partial charge in [-0.15, -0.1) is 11.8 Å². The predicted octanol–water partition coefficient (Wildman–Crippen LogP) is 4.40. The summed E-state index contributed by atoms with van der Waals surface area (Å²) >= 11 is 4.07. The molecule has 1 aromatic heterocycles. The Hall–Kier alpha value is -2.56. The highest BCUT2D eigenvalue weighted by molar-refractivity contribution is 8.00. The molecular formula is C20H20N4O3S3. The van der Waals surface area contributed by atoms with Gasteiger partial charge in [0.2, 0.25) is 16.2 Å². The summed E-state index contributed by atoms with van der Waals surface area (Å²) in [4.78, 5) is 29.4. The van der Waals surface area contributed by atoms with E-state index in [0.717, 1.165) is 10.6 Å². The highest BCUT2D eigenvalue weighted by Crippen LogP contribution is 2.23. The van der Waals surface area contributed by atoms with Crippen molar-refractivity contribution in [3.63, 3.8) is 0 Å². The summed E-state index contributed by atoms with van der Waals surface area (Å²) in [6, 6.07) is 16.5. The normalized spacial score (nSPS) is 10.4. The van der Waals surface area contributed by atoms with Crippen LogP contribution in [0.25, 0.3) is 0 Å². The van der Waals surface area contributed by atoms with Crippen molar-refractivity contribution >= 4 is 57.7 Å². The number of rotatable bonds is 10. The fourth-order valence-electron chi connectivity index (χ4n) is 2.28. The molecule has 0 spiro atoms. The zero-order valence-corrected chi connectivity index (χ0v) is 18.6. The largest absolute Gasteiger partial charge is 0.484 e. The summed E-state index contributed by atoms with van der Waals surface area (Å²) in [5.74, 6) is 1.33. The zero-order valence-electron chi connectivity index (χ0n) is 16.2. The molecule has 0 atom stereocenters. The molecule has 0 fully saturated rings. The van der Waals surface area contributed by atoms with Crippen LogP contribution < -0.4 is 15.4 Å². The Morgan fingerprint density at radius 3 is 2.67 bits per heavy atom. The van der Waals surface area contributed by atoms with Gasteiger partial charge in [-0.1, -0.05) is 43.0 Å². The van der Waals surface area contributed by atoms with Crippen LogP contribution in [-0.4, -0.2) is 39.3 Å². The van der Waals surface area contributed by atoms with Crippen LogP contribution in [0.2, 0.25) is 0 Å². The van der Waals surface area contributed by atoms with E-state index in [1.54, 1.807) is 18.2 Å². The molecule has 3 aromatic rings. The Morgan fingerprint density at radius 1 is 1.03 bits per heavy atom. The molecule has 0 bridgehead atoms. The van der Waals surface area contributed by atoms with Gasteiger partial charge in [0, 0.05) is 22.1 Å². The van der Waals surface area contributed by atoms with Crippen molar-refractivity contribution in [3.05, 3.63) is 54.6 Å². The third kappa shape index (κ3) is 7.36. The van der Waals surface area contributed by atoms with Gasteiger partial charge in [-0.3, -0.25) is 14.9 Å². The third-order valence-electron chi connectivity index (χ3n) is 3.53. The van der Waals surface area contributed by atoms with Gasteiger partial charge < -0.3 is 10.1 Å². The van der Waals surface area contributed by atoms with Gasteiger partial charge in [0.15, 0.2) is 6.61 Å². The molecule has 156 valence electrons. The van der Waals surface area contributed by atoms with E-state index in [1.165, 1.54) is 35.1 Å². The molecule has 0 aliphatic rings. The molecule has 10 heteroatoms. The van der Waals surface area contributed by atoms with Gasteiger partial charge in [-0.25, -0.2) is 0 Å². The number of ether oxygens (including phenoxy) is 1. The van der Waals surface area contributed by atoms with E-state index in [0.29, 0.717) is 21.7 Å². The molecule has 0 aliphatic carbocycles. The molecule has 2 N–H and O–H groups in total. The molecule has 7 nitrogen and oxygen atoms in total. The van der Waals surface area contributed by atoms with Crippen LogP contribution in [-0.2, 0) is 9.59 Å². The first kappa shape index (κ1) is 22.1. The molecular weight excluding hydrogens is 440 g/mol. The Morgan fingerprint density at radius 2 is 1.87 bits per heavy atom. The summed E-state index contributed by atoms with van der Waals surface area (Å²) in [5, 5.41) is 6.72. The number of carbonyl (C=O) groups excluding carboxylic acids is 2. The summed E-state index contributed by atoms with van der Waals surface area (Å²) in [6.07, 6.45) is 0. The molecule has 2 aromatic carbocycles. The molecule has 0 saturated heterocycles. The Labute approximate surface area is 187 Å². The van der Waals surface area contributed by atoms with E-state index < -0.39 is 0 Å². The van der Waals surface area contributed by atoms with Gasteiger partial charge in [0.1, 0.15) is 5.75 Å². The lowest BCUT2D eigenvalue weighted by Gasteiger charge is -2.09. The summed E-state index contributed by atoms with van der Waals surface area (Å²) in [5.41, 5.74) is 0.646. The number of anilines is 2. The van der Waals surface area contributed by atoms with Crippen LogP contribution >= 0.6 is 35.1 Å². The molecule has 30 heavy (non-hydrogen) atoms. The van der Waals surface area contributed by atoms with Gasteiger partial charge in [0.25, 0.3) is 5.91 Å². The quantitative estimate of drug-likeness (QED) is 0.433. The van der Waals surface area contributed by atoms with Gasteiger partial charge in [-0.2, -0.15) is 9.36 Å². The van der Waals surface area contributed by atoms with Crippen molar-refractivity contribution in [2.45, 2.75) is 17.0 Å². The Kier molecular flexibility index (Phi) is 8.54. The fourth-order valence-corrected chi connectivity index (χ4v) is 4.32. The SMILES string of the molecule is CCSc1nsc(NC(=O)CSc2cccc(NC(=O)COc3ccccc3)c2)n1. The monoisotopic (exact) mass is 460 g/mol. The van der Waals surface area contributed by atoms with Crippen molar-refractivity contribution in [1.82, 2.24) is 9.36 Å². The lowest BCUT2D eigenvalue weighted by atomic mass is 10.3. The van der Waals surface area contributed by atoms with Crippen LogP contribution in [0.5, 0.6) is 5.75 Å². The highest BCUT2D eigenvalue weighted by atomic mass is 32.2. The first-order valence-corrected chi connectivity index (χ1v) is 11.8. The van der Waals surface area contributed by atoms with E-state index in [-0.39, 0.29) is 24.2 Å². The number of hydrogen-bond donors (Lipinski definition) is 2. The maximum atomic E-state index is 12.1. The summed E-state index contributed by atoms with van der Waals surface area (Å²) in [7, 11) is 0. The van der Waals surface area contributed by atoms with Crippen molar-refractivity contribution in [2.75, 3.05) is 28.7 Å². The van der Waals surface area contributed by atoms with Crippen LogP contribution in [0.4, 0.5) is 10.8 Å². The van der Waals surface area contributed by atoms with Crippen LogP contribution in [0.1, 0.15) is 6.92 Å². The number of thioether (sulfide) groups is 2. The Bertz CT molecular complexity index is 982. The number of nitrogens with zero attached hydrogens (tertiary/aromatic N) is 2. The number of amides is 2. The average Bonchev–Trinajstić information content (AvgIpc) is 3.19. The standard InChI is InChI=1S/C20H20N4O3S3/c1-2-28-20-23-19(30-24-20)22-18(26)13-29-16-10-6-7-14(11-16)21-17(25)12-27-15-8-4-3-5-9-15/h3-11H,2,12-13H2,1H3,(H,21,25)(H,22,23,24,26). The third-order valence-corrected chi connectivity index (χ3v) is 6.00. The van der Waals surface area contributed by atoms with Gasteiger partial charge in [0.05, 0.1) is 5.75 Å². The second kappa shape index (κ2) is 11.6. The predicted molar refractivity (Wildman–Crippen MR) is 123 cm³/mol. The number of benzene rings is 2. The summed E-state index contributed by atoms with van der Waals surface area (Å²) < 4.78 is 9.61. The zero-order chi connectivity index (χ0) is 21.2. The van der Waals surface area contributed by atoms with E-state index in [9.17, 15) is 9.59 Å². The first-order chi connectivity index (χ1) is 14.6. The van der Waals surface area contributed by atoms with Crippen LogP contribution in [0, 0.1) is 0 Å². The fraction of sp³-hybridized carbons (Fsp3) is 0.200. The van der Waals surface area contributed by atoms with Crippen LogP contribution in [0.3, 0.4) is 0 Å². The molecule has 0 unspecified atom stereocenters. The van der Waals surface area contributed by atoms with E-state index >= 15 is 0 Å². The number of para-hydroxylation sites is 1. The van der Waals surface area contributed by atoms with Crippen molar-refractivity contribution < 1.29 is 14.3 Å². The molecule has 1 heterocycles. The lowest BCUT2D eigenvalue weighted by molar-refractivity contribution is -0.118. The smallest absolute Gasteiger partial charge is 0.262 e. The number of aromatic nitrogens is 2. The number of hydrogen-bond acceptors (Lipinski definition) is 8. The minimum absolute atomic E-state index is 0.0794. The van der Waals surface area contributed by atoms with E-state index in [2.05, 4.69) is 20.0 Å². The molecule has 0 radical (unpaired) electrons. The minimum Gasteiger partial charge on any atom is -0.484 e. The maximum Gasteiger partial charge on any atom is 0.262 e. The van der Waals surface area contributed by atoms with Gasteiger partial charge in [-0.05, 0) is 36.1 Å². The second-order valence-electron chi connectivity index (χ2n) is 5.83. The molecule has 0 aliphatic heterocycles. The van der Waals surface area contributed by atoms with E-state index in [4.69, 9.17) is 4.74 Å². The minimum atomic E-state index is -0.254. The van der Waals surface area contributed by atoms with E-state index in [1.807, 2.05) is 43.3 Å². The van der Waals surface area contributed by atoms with Crippen molar-refractivity contribution in [1.29, 1.82) is 0 Å². The van der Waals surface area contributed by atoms with Crippen molar-refractivity contribution in [2.24, 2.45) is 0 Å². The van der Waals surface area contributed by atoms with Crippen LogP contribution in [0.15, 0.2) is 64.6 Å². The summed E-state index contributed by atoms with van der Waals surface area (Å²) in [6.45, 7) is 1.94. The van der Waals surface area contributed by atoms with Gasteiger partial charge >= 0.3 is 0 Å².